The van der Waals surface area contributed by atoms with Crippen LogP contribution in [0.3, 0.4) is 0 Å². The maximum absolute atomic E-state index is 9.42. The third kappa shape index (κ3) is 3.43. The van der Waals surface area contributed by atoms with Crippen LogP contribution in [-0.2, 0) is 6.42 Å². The molecule has 0 saturated heterocycles. The van der Waals surface area contributed by atoms with Gasteiger partial charge in [0.2, 0.25) is 5.89 Å². The summed E-state index contributed by atoms with van der Waals surface area (Å²) in [7, 11) is 3.72. The standard InChI is InChI=1S/C18H18N4O2/c1-22(2)18-19-16(24-21-18)12-13-7-6-10-15(11-13)17(20-23)14-8-4-3-5-9-14/h3-11,23H,12H2,1-2H3/b20-17+. The molecule has 0 unspecified atom stereocenters. The van der Waals surface area contributed by atoms with Gasteiger partial charge in [0.25, 0.3) is 5.95 Å². The van der Waals surface area contributed by atoms with Crippen molar-refractivity contribution in [2.75, 3.05) is 19.0 Å². The van der Waals surface area contributed by atoms with E-state index in [9.17, 15) is 5.21 Å². The lowest BCUT2D eigenvalue weighted by molar-refractivity contribution is 0.319. The molecule has 3 aromatic rings. The molecule has 3 rings (SSSR count). The van der Waals surface area contributed by atoms with Gasteiger partial charge in [0.15, 0.2) is 0 Å². The van der Waals surface area contributed by atoms with Crippen LogP contribution >= 0.6 is 0 Å². The maximum atomic E-state index is 9.42. The van der Waals surface area contributed by atoms with E-state index in [0.717, 1.165) is 16.7 Å². The van der Waals surface area contributed by atoms with Crippen molar-refractivity contribution in [2.45, 2.75) is 6.42 Å². The van der Waals surface area contributed by atoms with Gasteiger partial charge in [-0.15, -0.1) is 0 Å². The first-order valence-electron chi connectivity index (χ1n) is 7.54. The van der Waals surface area contributed by atoms with Crippen molar-refractivity contribution < 1.29 is 9.73 Å². The Morgan fingerprint density at radius 3 is 2.50 bits per heavy atom. The number of hydrogen-bond acceptors (Lipinski definition) is 6. The molecule has 1 heterocycles. The highest BCUT2D eigenvalue weighted by Gasteiger charge is 2.11. The smallest absolute Gasteiger partial charge is 0.265 e. The number of hydrogen-bond donors (Lipinski definition) is 1. The fourth-order valence-electron chi connectivity index (χ4n) is 2.38. The Morgan fingerprint density at radius 1 is 1.08 bits per heavy atom. The molecule has 0 saturated carbocycles. The summed E-state index contributed by atoms with van der Waals surface area (Å²) >= 11 is 0. The third-order valence-corrected chi connectivity index (χ3v) is 3.56. The highest BCUT2D eigenvalue weighted by Crippen LogP contribution is 2.16. The Bertz CT molecular complexity index is 841. The van der Waals surface area contributed by atoms with Crippen LogP contribution in [0.4, 0.5) is 5.95 Å². The van der Waals surface area contributed by atoms with Gasteiger partial charge in [-0.3, -0.25) is 0 Å². The highest BCUT2D eigenvalue weighted by atomic mass is 16.5. The predicted octanol–water partition coefficient (Wildman–Crippen LogP) is 2.95. The van der Waals surface area contributed by atoms with Gasteiger partial charge < -0.3 is 14.6 Å². The molecule has 1 N–H and O–H groups in total. The highest BCUT2D eigenvalue weighted by molar-refractivity contribution is 6.12. The van der Waals surface area contributed by atoms with E-state index in [2.05, 4.69) is 15.3 Å². The molecule has 0 fully saturated rings. The van der Waals surface area contributed by atoms with Crippen LogP contribution < -0.4 is 4.90 Å². The first kappa shape index (κ1) is 15.7. The summed E-state index contributed by atoms with van der Waals surface area (Å²) in [5, 5.41) is 16.8. The number of anilines is 1. The topological polar surface area (TPSA) is 74.8 Å². The number of rotatable bonds is 5. The quantitative estimate of drug-likeness (QED) is 0.444. The normalized spacial score (nSPS) is 11.5. The summed E-state index contributed by atoms with van der Waals surface area (Å²) in [5.74, 6) is 1.08. The second-order valence-electron chi connectivity index (χ2n) is 5.57. The lowest BCUT2D eigenvalue weighted by Crippen LogP contribution is -2.10. The van der Waals surface area contributed by atoms with E-state index in [-0.39, 0.29) is 0 Å². The fraction of sp³-hybridized carbons (Fsp3) is 0.167. The van der Waals surface area contributed by atoms with Gasteiger partial charge in [0.1, 0.15) is 5.71 Å². The van der Waals surface area contributed by atoms with Crippen LogP contribution in [-0.4, -0.2) is 35.2 Å². The largest absolute Gasteiger partial charge is 0.410 e. The monoisotopic (exact) mass is 322 g/mol. The van der Waals surface area contributed by atoms with E-state index in [0.29, 0.717) is 24.0 Å². The second-order valence-corrected chi connectivity index (χ2v) is 5.57. The first-order valence-corrected chi connectivity index (χ1v) is 7.54. The van der Waals surface area contributed by atoms with Crippen molar-refractivity contribution in [1.82, 2.24) is 10.1 Å². The van der Waals surface area contributed by atoms with Gasteiger partial charge in [0.05, 0.1) is 6.42 Å². The first-order chi connectivity index (χ1) is 11.7. The summed E-state index contributed by atoms with van der Waals surface area (Å²) < 4.78 is 5.26. The zero-order chi connectivity index (χ0) is 16.9. The van der Waals surface area contributed by atoms with Crippen LogP contribution in [0.1, 0.15) is 22.6 Å². The van der Waals surface area contributed by atoms with Crippen LogP contribution in [0.15, 0.2) is 64.3 Å². The van der Waals surface area contributed by atoms with Gasteiger partial charge in [-0.05, 0) is 16.8 Å². The number of oxime groups is 1. The van der Waals surface area contributed by atoms with Crippen LogP contribution in [0.2, 0.25) is 0 Å². The summed E-state index contributed by atoms with van der Waals surface area (Å²) in [6.07, 6.45) is 0.516. The van der Waals surface area contributed by atoms with Gasteiger partial charge in [0, 0.05) is 25.2 Å². The average molecular weight is 322 g/mol. The molecule has 0 aliphatic rings. The van der Waals surface area contributed by atoms with Crippen molar-refractivity contribution in [1.29, 1.82) is 0 Å². The van der Waals surface area contributed by atoms with Gasteiger partial charge in [-0.1, -0.05) is 53.7 Å². The summed E-state index contributed by atoms with van der Waals surface area (Å²) in [5.41, 5.74) is 3.20. The number of nitrogens with zero attached hydrogens (tertiary/aromatic N) is 4. The Kier molecular flexibility index (Phi) is 4.56. The summed E-state index contributed by atoms with van der Waals surface area (Å²) in [4.78, 5) is 6.11. The summed E-state index contributed by atoms with van der Waals surface area (Å²) in [6.45, 7) is 0. The van der Waals surface area contributed by atoms with Crippen molar-refractivity contribution >= 4 is 11.7 Å². The molecule has 0 aliphatic carbocycles. The van der Waals surface area contributed by atoms with E-state index in [4.69, 9.17) is 4.52 Å². The minimum Gasteiger partial charge on any atom is -0.410 e. The Labute approximate surface area is 140 Å². The summed E-state index contributed by atoms with van der Waals surface area (Å²) in [6, 6.07) is 17.3. The average Bonchev–Trinajstić information content (AvgIpc) is 3.06. The molecule has 0 spiro atoms. The van der Waals surface area contributed by atoms with Crippen LogP contribution in [0, 0.1) is 0 Å². The Morgan fingerprint density at radius 2 is 1.83 bits per heavy atom. The van der Waals surface area contributed by atoms with Crippen molar-refractivity contribution in [3.8, 4) is 0 Å². The SMILES string of the molecule is CN(C)c1noc(Cc2cccc(/C(=N/O)c3ccccc3)c2)n1. The van der Waals surface area contributed by atoms with Crippen molar-refractivity contribution in [3.63, 3.8) is 0 Å². The molecule has 0 radical (unpaired) electrons. The van der Waals surface area contributed by atoms with Gasteiger partial charge in [-0.25, -0.2) is 0 Å². The molecule has 6 nitrogen and oxygen atoms in total. The van der Waals surface area contributed by atoms with E-state index in [1.165, 1.54) is 0 Å². The number of benzene rings is 2. The van der Waals surface area contributed by atoms with Gasteiger partial charge in [-0.2, -0.15) is 4.98 Å². The van der Waals surface area contributed by atoms with Crippen molar-refractivity contribution in [3.05, 3.63) is 77.2 Å². The van der Waals surface area contributed by atoms with Crippen molar-refractivity contribution in [2.24, 2.45) is 5.16 Å². The molecule has 0 aliphatic heterocycles. The lowest BCUT2D eigenvalue weighted by atomic mass is 9.99. The molecule has 1 aromatic heterocycles. The molecule has 6 heteroatoms. The molecular weight excluding hydrogens is 304 g/mol. The maximum Gasteiger partial charge on any atom is 0.265 e. The Hall–Kier alpha value is -3.15. The van der Waals surface area contributed by atoms with E-state index < -0.39 is 0 Å². The third-order valence-electron chi connectivity index (χ3n) is 3.56. The minimum absolute atomic E-state index is 0.516. The molecule has 2 aromatic carbocycles. The van der Waals surface area contributed by atoms with Crippen LogP contribution in [0.5, 0.6) is 0 Å². The van der Waals surface area contributed by atoms with E-state index in [1.54, 1.807) is 4.90 Å². The van der Waals surface area contributed by atoms with E-state index in [1.807, 2.05) is 68.7 Å². The number of aromatic nitrogens is 2. The van der Waals surface area contributed by atoms with E-state index >= 15 is 0 Å². The molecule has 0 bridgehead atoms. The minimum atomic E-state index is 0.516. The fourth-order valence-corrected chi connectivity index (χ4v) is 2.38. The second kappa shape index (κ2) is 6.95. The van der Waals surface area contributed by atoms with Crippen LogP contribution in [0.25, 0.3) is 0 Å². The molecule has 0 atom stereocenters. The predicted molar refractivity (Wildman–Crippen MR) is 91.7 cm³/mol. The zero-order valence-electron chi connectivity index (χ0n) is 13.5. The Balaban J connectivity index is 1.86. The molecule has 24 heavy (non-hydrogen) atoms. The zero-order valence-corrected chi connectivity index (χ0v) is 13.5. The lowest BCUT2D eigenvalue weighted by Gasteiger charge is -2.06. The molecule has 122 valence electrons. The molecule has 0 amide bonds. The molecular formula is C18H18N4O2. The van der Waals surface area contributed by atoms with Gasteiger partial charge >= 0.3 is 0 Å².